The number of amides is 1. The van der Waals surface area contributed by atoms with Crippen molar-refractivity contribution in [3.05, 3.63) is 29.3 Å². The number of nitrogens with zero attached hydrogens (tertiary/aromatic N) is 1. The van der Waals surface area contributed by atoms with E-state index in [-0.39, 0.29) is 5.91 Å². The highest BCUT2D eigenvalue weighted by atomic mass is 16.5. The van der Waals surface area contributed by atoms with Crippen molar-refractivity contribution in [3.63, 3.8) is 0 Å². The van der Waals surface area contributed by atoms with Crippen molar-refractivity contribution in [2.24, 2.45) is 0 Å². The SMILES string of the molecule is Cc1cccc(C=O)c1OC(C)C(=O)N1CCCCC1. The van der Waals surface area contributed by atoms with Gasteiger partial charge in [-0.1, -0.05) is 12.1 Å². The normalized spacial score (nSPS) is 16.6. The average Bonchev–Trinajstić information content (AvgIpc) is 2.49. The van der Waals surface area contributed by atoms with Gasteiger partial charge in [0.2, 0.25) is 0 Å². The highest BCUT2D eigenvalue weighted by Gasteiger charge is 2.24. The molecule has 20 heavy (non-hydrogen) atoms. The van der Waals surface area contributed by atoms with E-state index in [1.807, 2.05) is 24.0 Å². The van der Waals surface area contributed by atoms with Gasteiger partial charge in [-0.15, -0.1) is 0 Å². The number of likely N-dealkylation sites (tertiary alicyclic amines) is 1. The lowest BCUT2D eigenvalue weighted by atomic mass is 10.1. The van der Waals surface area contributed by atoms with E-state index in [9.17, 15) is 9.59 Å². The number of ether oxygens (including phenoxy) is 1. The highest BCUT2D eigenvalue weighted by Crippen LogP contribution is 2.24. The van der Waals surface area contributed by atoms with Gasteiger partial charge in [0.1, 0.15) is 5.75 Å². The Labute approximate surface area is 119 Å². The van der Waals surface area contributed by atoms with E-state index in [4.69, 9.17) is 4.74 Å². The number of para-hydroxylation sites is 1. The van der Waals surface area contributed by atoms with Crippen molar-refractivity contribution in [1.29, 1.82) is 0 Å². The van der Waals surface area contributed by atoms with Gasteiger partial charge in [0, 0.05) is 13.1 Å². The first kappa shape index (κ1) is 14.6. The molecule has 0 aliphatic carbocycles. The second kappa shape index (κ2) is 6.55. The second-order valence-corrected chi connectivity index (χ2v) is 5.26. The fourth-order valence-corrected chi connectivity index (χ4v) is 2.53. The minimum absolute atomic E-state index is 0.00445. The molecule has 0 spiro atoms. The van der Waals surface area contributed by atoms with Gasteiger partial charge >= 0.3 is 0 Å². The number of aryl methyl sites for hydroxylation is 1. The van der Waals surface area contributed by atoms with Crippen LogP contribution in [0.5, 0.6) is 5.75 Å². The average molecular weight is 275 g/mol. The Morgan fingerprint density at radius 3 is 2.65 bits per heavy atom. The summed E-state index contributed by atoms with van der Waals surface area (Å²) < 4.78 is 5.76. The first-order valence-corrected chi connectivity index (χ1v) is 7.13. The van der Waals surface area contributed by atoms with Gasteiger partial charge < -0.3 is 9.64 Å². The van der Waals surface area contributed by atoms with Gasteiger partial charge in [-0.2, -0.15) is 0 Å². The zero-order chi connectivity index (χ0) is 14.5. The summed E-state index contributed by atoms with van der Waals surface area (Å²) in [6.07, 6.45) is 3.50. The number of hydrogen-bond donors (Lipinski definition) is 0. The lowest BCUT2D eigenvalue weighted by molar-refractivity contribution is -0.138. The van der Waals surface area contributed by atoms with E-state index in [1.54, 1.807) is 13.0 Å². The number of rotatable bonds is 4. The monoisotopic (exact) mass is 275 g/mol. The van der Waals surface area contributed by atoms with E-state index in [2.05, 4.69) is 0 Å². The molecule has 108 valence electrons. The van der Waals surface area contributed by atoms with E-state index in [0.29, 0.717) is 11.3 Å². The molecule has 1 unspecified atom stereocenters. The summed E-state index contributed by atoms with van der Waals surface area (Å²) in [6, 6.07) is 5.39. The van der Waals surface area contributed by atoms with E-state index >= 15 is 0 Å². The van der Waals surface area contributed by atoms with Crippen molar-refractivity contribution in [1.82, 2.24) is 4.90 Å². The van der Waals surface area contributed by atoms with Gasteiger partial charge in [0.15, 0.2) is 12.4 Å². The van der Waals surface area contributed by atoms with Crippen molar-refractivity contribution < 1.29 is 14.3 Å². The molecule has 1 heterocycles. The predicted octanol–water partition coefficient (Wildman–Crippen LogP) is 2.59. The van der Waals surface area contributed by atoms with Crippen molar-refractivity contribution in [2.75, 3.05) is 13.1 Å². The zero-order valence-corrected chi connectivity index (χ0v) is 12.1. The Balaban J connectivity index is 2.09. The Hall–Kier alpha value is -1.84. The van der Waals surface area contributed by atoms with Crippen LogP contribution in [-0.2, 0) is 4.79 Å². The fourth-order valence-electron chi connectivity index (χ4n) is 2.53. The minimum atomic E-state index is -0.562. The Morgan fingerprint density at radius 1 is 1.30 bits per heavy atom. The largest absolute Gasteiger partial charge is 0.480 e. The van der Waals surface area contributed by atoms with Crippen LogP contribution in [0.25, 0.3) is 0 Å². The standard InChI is InChI=1S/C16H21NO3/c1-12-7-6-8-14(11-18)15(12)20-13(2)16(19)17-9-4-3-5-10-17/h6-8,11,13H,3-5,9-10H2,1-2H3. The van der Waals surface area contributed by atoms with Gasteiger partial charge in [0.25, 0.3) is 5.91 Å². The number of aldehydes is 1. The van der Waals surface area contributed by atoms with Crippen molar-refractivity contribution >= 4 is 12.2 Å². The van der Waals surface area contributed by atoms with Crippen LogP contribution in [0.3, 0.4) is 0 Å². The van der Waals surface area contributed by atoms with Gasteiger partial charge in [0.05, 0.1) is 5.56 Å². The third kappa shape index (κ3) is 3.18. The smallest absolute Gasteiger partial charge is 0.263 e. The molecule has 1 aliphatic rings. The molecule has 0 saturated carbocycles. The molecule has 1 atom stereocenters. The summed E-state index contributed by atoms with van der Waals surface area (Å²) in [4.78, 5) is 25.2. The molecule has 4 nitrogen and oxygen atoms in total. The summed E-state index contributed by atoms with van der Waals surface area (Å²) >= 11 is 0. The van der Waals surface area contributed by atoms with Crippen LogP contribution in [0.15, 0.2) is 18.2 Å². The van der Waals surface area contributed by atoms with Crippen LogP contribution in [0.4, 0.5) is 0 Å². The lowest BCUT2D eigenvalue weighted by Gasteiger charge is -2.29. The maximum Gasteiger partial charge on any atom is 0.263 e. The van der Waals surface area contributed by atoms with Gasteiger partial charge in [-0.3, -0.25) is 9.59 Å². The molecule has 0 N–H and O–H groups in total. The second-order valence-electron chi connectivity index (χ2n) is 5.26. The number of carbonyl (C=O) groups excluding carboxylic acids is 2. The Kier molecular flexibility index (Phi) is 4.77. The predicted molar refractivity (Wildman–Crippen MR) is 77.1 cm³/mol. The molecule has 0 aromatic heterocycles. The summed E-state index contributed by atoms with van der Waals surface area (Å²) in [6.45, 7) is 5.24. The molecule has 1 aliphatic heterocycles. The molecule has 0 radical (unpaired) electrons. The van der Waals surface area contributed by atoms with E-state index < -0.39 is 6.10 Å². The van der Waals surface area contributed by atoms with Gasteiger partial charge in [-0.05, 0) is 44.7 Å². The quantitative estimate of drug-likeness (QED) is 0.793. The van der Waals surface area contributed by atoms with Gasteiger partial charge in [-0.25, -0.2) is 0 Å². The maximum atomic E-state index is 12.3. The summed E-state index contributed by atoms with van der Waals surface area (Å²) in [5, 5.41) is 0. The van der Waals surface area contributed by atoms with Crippen molar-refractivity contribution in [3.8, 4) is 5.75 Å². The third-order valence-corrected chi connectivity index (χ3v) is 3.68. The van der Waals surface area contributed by atoms with E-state index in [0.717, 1.165) is 37.8 Å². The molecular formula is C16H21NO3. The van der Waals surface area contributed by atoms with Crippen LogP contribution in [0.2, 0.25) is 0 Å². The topological polar surface area (TPSA) is 46.6 Å². The maximum absolute atomic E-state index is 12.3. The highest BCUT2D eigenvalue weighted by molar-refractivity contribution is 5.83. The van der Waals surface area contributed by atoms with Crippen LogP contribution >= 0.6 is 0 Å². The molecule has 0 bridgehead atoms. The van der Waals surface area contributed by atoms with E-state index in [1.165, 1.54) is 6.42 Å². The summed E-state index contributed by atoms with van der Waals surface area (Å²) in [5.74, 6) is 0.519. The first-order chi connectivity index (χ1) is 9.63. The van der Waals surface area contributed by atoms with Crippen LogP contribution in [-0.4, -0.2) is 36.3 Å². The third-order valence-electron chi connectivity index (χ3n) is 3.68. The minimum Gasteiger partial charge on any atom is -0.480 e. The van der Waals surface area contributed by atoms with Crippen LogP contribution < -0.4 is 4.74 Å². The number of piperidine rings is 1. The zero-order valence-electron chi connectivity index (χ0n) is 12.1. The molecular weight excluding hydrogens is 254 g/mol. The Bertz CT molecular complexity index is 492. The first-order valence-electron chi connectivity index (χ1n) is 7.13. The molecule has 1 saturated heterocycles. The Morgan fingerprint density at radius 2 is 2.00 bits per heavy atom. The van der Waals surface area contributed by atoms with Crippen molar-refractivity contribution in [2.45, 2.75) is 39.2 Å². The van der Waals surface area contributed by atoms with Crippen LogP contribution in [0.1, 0.15) is 42.1 Å². The summed E-state index contributed by atoms with van der Waals surface area (Å²) in [5.41, 5.74) is 1.36. The number of carbonyl (C=O) groups is 2. The molecule has 4 heteroatoms. The lowest BCUT2D eigenvalue weighted by Crippen LogP contribution is -2.43. The van der Waals surface area contributed by atoms with Crippen LogP contribution in [0, 0.1) is 6.92 Å². The molecule has 1 fully saturated rings. The number of hydrogen-bond acceptors (Lipinski definition) is 3. The summed E-state index contributed by atoms with van der Waals surface area (Å²) in [7, 11) is 0. The molecule has 1 aromatic carbocycles. The molecule has 1 aromatic rings. The molecule has 1 amide bonds. The number of benzene rings is 1. The molecule has 2 rings (SSSR count). The fraction of sp³-hybridized carbons (Fsp3) is 0.500.